The van der Waals surface area contributed by atoms with Crippen molar-refractivity contribution in [3.63, 3.8) is 0 Å². The molecule has 0 aliphatic rings. The van der Waals surface area contributed by atoms with E-state index in [4.69, 9.17) is 10.5 Å². The SMILES string of the molecule is COc1ccc(Br)cc1CC(N)Cc1nc(C)cs1. The lowest BCUT2D eigenvalue weighted by molar-refractivity contribution is 0.407. The molecule has 3 nitrogen and oxygen atoms in total. The van der Waals surface area contributed by atoms with E-state index in [1.54, 1.807) is 18.4 Å². The Labute approximate surface area is 125 Å². The van der Waals surface area contributed by atoms with Crippen LogP contribution in [0.2, 0.25) is 0 Å². The summed E-state index contributed by atoms with van der Waals surface area (Å²) in [6.07, 6.45) is 1.58. The third-order valence-electron chi connectivity index (χ3n) is 2.83. The zero-order valence-corrected chi connectivity index (χ0v) is 13.4. The zero-order chi connectivity index (χ0) is 13.8. The summed E-state index contributed by atoms with van der Waals surface area (Å²) in [5.74, 6) is 0.883. The van der Waals surface area contributed by atoms with Gasteiger partial charge in [-0.1, -0.05) is 15.9 Å². The number of thiazole rings is 1. The summed E-state index contributed by atoms with van der Waals surface area (Å²) in [6.45, 7) is 2.00. The van der Waals surface area contributed by atoms with Crippen molar-refractivity contribution in [3.05, 3.63) is 44.3 Å². The first-order chi connectivity index (χ1) is 9.08. The average Bonchev–Trinajstić information content (AvgIpc) is 2.75. The number of ether oxygens (including phenoxy) is 1. The Balaban J connectivity index is 2.05. The van der Waals surface area contributed by atoms with E-state index in [0.717, 1.165) is 39.3 Å². The van der Waals surface area contributed by atoms with Crippen molar-refractivity contribution in [2.45, 2.75) is 25.8 Å². The highest BCUT2D eigenvalue weighted by Gasteiger charge is 2.12. The maximum atomic E-state index is 6.22. The second-order valence-corrected chi connectivity index (χ2v) is 6.37. The van der Waals surface area contributed by atoms with E-state index in [0.29, 0.717) is 0 Å². The third kappa shape index (κ3) is 4.03. The van der Waals surface area contributed by atoms with E-state index < -0.39 is 0 Å². The van der Waals surface area contributed by atoms with Gasteiger partial charge < -0.3 is 10.5 Å². The van der Waals surface area contributed by atoms with Gasteiger partial charge in [0.25, 0.3) is 0 Å². The van der Waals surface area contributed by atoms with E-state index in [9.17, 15) is 0 Å². The molecule has 0 bridgehead atoms. The summed E-state index contributed by atoms with van der Waals surface area (Å²) in [5, 5.41) is 3.15. The molecule has 0 saturated heterocycles. The molecule has 0 amide bonds. The van der Waals surface area contributed by atoms with Crippen molar-refractivity contribution in [1.82, 2.24) is 4.98 Å². The molecule has 1 aromatic heterocycles. The molecular formula is C14H17BrN2OS. The number of halogens is 1. The lowest BCUT2D eigenvalue weighted by Gasteiger charge is -2.13. The van der Waals surface area contributed by atoms with Gasteiger partial charge in [-0.2, -0.15) is 0 Å². The predicted octanol–water partition coefficient (Wildman–Crippen LogP) is 3.34. The first-order valence-corrected chi connectivity index (χ1v) is 7.74. The first kappa shape index (κ1) is 14.5. The van der Waals surface area contributed by atoms with Gasteiger partial charge in [0.05, 0.1) is 12.1 Å². The van der Waals surface area contributed by atoms with Crippen LogP contribution in [0.3, 0.4) is 0 Å². The molecule has 0 fully saturated rings. The number of hydrogen-bond acceptors (Lipinski definition) is 4. The quantitative estimate of drug-likeness (QED) is 0.907. The molecule has 0 aliphatic carbocycles. The lowest BCUT2D eigenvalue weighted by atomic mass is 10.0. The topological polar surface area (TPSA) is 48.1 Å². The molecule has 1 heterocycles. The van der Waals surface area contributed by atoms with Gasteiger partial charge in [0.1, 0.15) is 5.75 Å². The van der Waals surface area contributed by atoms with Crippen LogP contribution in [-0.4, -0.2) is 18.1 Å². The van der Waals surface area contributed by atoms with Crippen LogP contribution in [0.1, 0.15) is 16.3 Å². The number of nitrogens with zero attached hydrogens (tertiary/aromatic N) is 1. The normalized spacial score (nSPS) is 12.4. The van der Waals surface area contributed by atoms with Crippen LogP contribution in [0, 0.1) is 6.92 Å². The highest BCUT2D eigenvalue weighted by Crippen LogP contribution is 2.24. The maximum Gasteiger partial charge on any atom is 0.122 e. The summed E-state index contributed by atoms with van der Waals surface area (Å²) in [7, 11) is 1.68. The molecule has 1 atom stereocenters. The molecule has 2 aromatic rings. The summed E-state index contributed by atoms with van der Waals surface area (Å²) in [5.41, 5.74) is 8.40. The number of methoxy groups -OCH3 is 1. The van der Waals surface area contributed by atoms with Gasteiger partial charge in [-0.05, 0) is 37.1 Å². The van der Waals surface area contributed by atoms with Crippen LogP contribution >= 0.6 is 27.3 Å². The van der Waals surface area contributed by atoms with E-state index in [2.05, 4.69) is 32.4 Å². The zero-order valence-electron chi connectivity index (χ0n) is 11.0. The van der Waals surface area contributed by atoms with E-state index in [1.807, 2.05) is 19.1 Å². The van der Waals surface area contributed by atoms with Crippen LogP contribution in [0.15, 0.2) is 28.1 Å². The van der Waals surface area contributed by atoms with Crippen molar-refractivity contribution < 1.29 is 4.74 Å². The number of benzene rings is 1. The Bertz CT molecular complexity index is 556. The molecule has 19 heavy (non-hydrogen) atoms. The smallest absolute Gasteiger partial charge is 0.122 e. The third-order valence-corrected chi connectivity index (χ3v) is 4.31. The molecule has 102 valence electrons. The molecule has 1 unspecified atom stereocenters. The fourth-order valence-electron chi connectivity index (χ4n) is 1.98. The van der Waals surface area contributed by atoms with Gasteiger partial charge in [0.15, 0.2) is 0 Å². The van der Waals surface area contributed by atoms with Crippen molar-refractivity contribution in [3.8, 4) is 5.75 Å². The second-order valence-electron chi connectivity index (χ2n) is 4.51. The average molecular weight is 341 g/mol. The first-order valence-electron chi connectivity index (χ1n) is 6.07. The number of rotatable bonds is 5. The minimum atomic E-state index is 0.0498. The van der Waals surface area contributed by atoms with Crippen molar-refractivity contribution in [1.29, 1.82) is 0 Å². The van der Waals surface area contributed by atoms with E-state index in [1.165, 1.54) is 0 Å². The highest BCUT2D eigenvalue weighted by molar-refractivity contribution is 9.10. The van der Waals surface area contributed by atoms with Gasteiger partial charge in [0, 0.05) is 28.0 Å². The minimum absolute atomic E-state index is 0.0498. The van der Waals surface area contributed by atoms with Crippen LogP contribution in [-0.2, 0) is 12.8 Å². The Kier molecular flexibility index (Phi) is 4.96. The number of nitrogens with two attached hydrogens (primary N) is 1. The standard InChI is InChI=1S/C14H17BrN2OS/c1-9-8-19-14(17-9)7-12(16)6-10-5-11(15)3-4-13(10)18-2/h3-5,8,12H,6-7,16H2,1-2H3. The van der Waals surface area contributed by atoms with Crippen molar-refractivity contribution in [2.75, 3.05) is 7.11 Å². The van der Waals surface area contributed by atoms with Crippen molar-refractivity contribution >= 4 is 27.3 Å². The Morgan fingerprint density at radius 2 is 2.21 bits per heavy atom. The van der Waals surface area contributed by atoms with Gasteiger partial charge in [-0.3, -0.25) is 0 Å². The van der Waals surface area contributed by atoms with Crippen LogP contribution in [0.4, 0.5) is 0 Å². The summed E-state index contributed by atoms with van der Waals surface area (Å²) in [4.78, 5) is 4.45. The van der Waals surface area contributed by atoms with Gasteiger partial charge in [-0.25, -0.2) is 4.98 Å². The highest BCUT2D eigenvalue weighted by atomic mass is 79.9. The molecule has 0 spiro atoms. The van der Waals surface area contributed by atoms with Gasteiger partial charge in [0.2, 0.25) is 0 Å². The van der Waals surface area contributed by atoms with Gasteiger partial charge >= 0.3 is 0 Å². The molecular weight excluding hydrogens is 324 g/mol. The summed E-state index contributed by atoms with van der Waals surface area (Å²) < 4.78 is 6.41. The molecule has 2 N–H and O–H groups in total. The fraction of sp³-hybridized carbons (Fsp3) is 0.357. The lowest BCUT2D eigenvalue weighted by Crippen LogP contribution is -2.25. The largest absolute Gasteiger partial charge is 0.496 e. The van der Waals surface area contributed by atoms with Crippen LogP contribution < -0.4 is 10.5 Å². The van der Waals surface area contributed by atoms with E-state index in [-0.39, 0.29) is 6.04 Å². The van der Waals surface area contributed by atoms with E-state index >= 15 is 0 Å². The maximum absolute atomic E-state index is 6.22. The molecule has 5 heteroatoms. The molecule has 2 rings (SSSR count). The Hall–Kier alpha value is -0.910. The molecule has 1 aromatic carbocycles. The fourth-order valence-corrected chi connectivity index (χ4v) is 3.26. The van der Waals surface area contributed by atoms with Crippen molar-refractivity contribution in [2.24, 2.45) is 5.73 Å². The van der Waals surface area contributed by atoms with Gasteiger partial charge in [-0.15, -0.1) is 11.3 Å². The summed E-state index contributed by atoms with van der Waals surface area (Å²) in [6, 6.07) is 6.04. The molecule has 0 saturated carbocycles. The van der Waals surface area contributed by atoms with Crippen LogP contribution in [0.5, 0.6) is 5.75 Å². The Morgan fingerprint density at radius 1 is 1.42 bits per heavy atom. The molecule has 0 aliphatic heterocycles. The monoisotopic (exact) mass is 340 g/mol. The Morgan fingerprint density at radius 3 is 2.84 bits per heavy atom. The summed E-state index contributed by atoms with van der Waals surface area (Å²) >= 11 is 5.15. The number of aryl methyl sites for hydroxylation is 1. The van der Waals surface area contributed by atoms with Crippen LogP contribution in [0.25, 0.3) is 0 Å². The number of hydrogen-bond donors (Lipinski definition) is 1. The predicted molar refractivity (Wildman–Crippen MR) is 82.9 cm³/mol. The molecule has 0 radical (unpaired) electrons. The number of aromatic nitrogens is 1. The second kappa shape index (κ2) is 6.50. The minimum Gasteiger partial charge on any atom is -0.496 e.